The fourth-order valence-corrected chi connectivity index (χ4v) is 3.70. The Bertz CT molecular complexity index is 1040. The number of methoxy groups -OCH3 is 1. The summed E-state index contributed by atoms with van der Waals surface area (Å²) in [5.74, 6) is 0.804. The molecule has 162 valence electrons. The van der Waals surface area contributed by atoms with Crippen molar-refractivity contribution in [2.24, 2.45) is 5.92 Å². The van der Waals surface area contributed by atoms with E-state index in [2.05, 4.69) is 15.5 Å². The number of carbonyl (C=O) groups excluding carboxylic acids is 1. The average Bonchev–Trinajstić information content (AvgIpc) is 3.30. The number of piperidine rings is 1. The molecule has 1 saturated heterocycles. The molecule has 7 nitrogen and oxygen atoms in total. The van der Waals surface area contributed by atoms with Crippen LogP contribution >= 0.6 is 0 Å². The first-order valence-electron chi connectivity index (χ1n) is 10.3. The lowest BCUT2D eigenvalue weighted by atomic mass is 9.96. The number of ether oxygens (including phenoxy) is 1. The highest BCUT2D eigenvalue weighted by atomic mass is 19.1. The van der Waals surface area contributed by atoms with Crippen LogP contribution in [0.15, 0.2) is 47.0 Å². The number of aryl methyl sites for hydroxylation is 1. The van der Waals surface area contributed by atoms with Crippen molar-refractivity contribution in [3.05, 3.63) is 59.4 Å². The van der Waals surface area contributed by atoms with Crippen LogP contribution in [0.25, 0.3) is 11.4 Å². The predicted octanol–water partition coefficient (Wildman–Crippen LogP) is 3.73. The van der Waals surface area contributed by atoms with E-state index in [1.54, 1.807) is 19.2 Å². The zero-order chi connectivity index (χ0) is 21.8. The number of halogens is 1. The number of hydrogen-bond acceptors (Lipinski definition) is 6. The second-order valence-corrected chi connectivity index (χ2v) is 7.70. The van der Waals surface area contributed by atoms with Crippen molar-refractivity contribution in [1.29, 1.82) is 0 Å². The lowest BCUT2D eigenvalue weighted by Gasteiger charge is -2.29. The maximum Gasteiger partial charge on any atom is 0.324 e. The lowest BCUT2D eigenvalue weighted by molar-refractivity contribution is -0.125. The van der Waals surface area contributed by atoms with Gasteiger partial charge in [-0.2, -0.15) is 4.98 Å². The second kappa shape index (κ2) is 9.16. The highest BCUT2D eigenvalue weighted by molar-refractivity contribution is 5.79. The molecule has 31 heavy (non-hydrogen) atoms. The molecule has 0 saturated carbocycles. The number of nitrogens with one attached hydrogen (secondary N) is 1. The van der Waals surface area contributed by atoms with Crippen molar-refractivity contribution in [3.63, 3.8) is 0 Å². The molecule has 0 unspecified atom stereocenters. The highest BCUT2D eigenvalue weighted by Crippen LogP contribution is 2.26. The summed E-state index contributed by atoms with van der Waals surface area (Å²) in [5.41, 5.74) is 2.31. The van der Waals surface area contributed by atoms with Gasteiger partial charge in [0.15, 0.2) is 0 Å². The van der Waals surface area contributed by atoms with Gasteiger partial charge in [0.25, 0.3) is 0 Å². The van der Waals surface area contributed by atoms with E-state index in [0.29, 0.717) is 43.3 Å². The van der Waals surface area contributed by atoms with Gasteiger partial charge in [-0.3, -0.25) is 4.79 Å². The molecule has 0 atom stereocenters. The van der Waals surface area contributed by atoms with Gasteiger partial charge in [0.05, 0.1) is 7.11 Å². The Balaban J connectivity index is 1.30. The molecule has 0 bridgehead atoms. The average molecular weight is 424 g/mol. The standard InChI is InChI=1S/C23H25FN4O3/c1-15-3-8-20(24)18(13-15)14-25-22(29)17-9-11-28(12-10-17)23-26-21(27-31-23)16-4-6-19(30-2)7-5-16/h3-8,13,17H,9-12,14H2,1-2H3,(H,25,29). The van der Waals surface area contributed by atoms with Crippen molar-refractivity contribution < 1.29 is 18.4 Å². The minimum Gasteiger partial charge on any atom is -0.497 e. The Kier molecular flexibility index (Phi) is 6.16. The summed E-state index contributed by atoms with van der Waals surface area (Å²) in [5, 5.41) is 6.93. The van der Waals surface area contributed by atoms with Crippen LogP contribution in [-0.4, -0.2) is 36.2 Å². The Labute approximate surface area is 180 Å². The summed E-state index contributed by atoms with van der Waals surface area (Å²) >= 11 is 0. The number of benzene rings is 2. The number of rotatable bonds is 6. The number of aromatic nitrogens is 2. The number of anilines is 1. The molecule has 1 aliphatic rings. The van der Waals surface area contributed by atoms with E-state index < -0.39 is 0 Å². The van der Waals surface area contributed by atoms with E-state index in [1.807, 2.05) is 36.1 Å². The molecule has 2 aromatic carbocycles. The van der Waals surface area contributed by atoms with Crippen LogP contribution in [-0.2, 0) is 11.3 Å². The third-order valence-electron chi connectivity index (χ3n) is 5.55. The summed E-state index contributed by atoms with van der Waals surface area (Å²) in [7, 11) is 1.62. The van der Waals surface area contributed by atoms with Crippen LogP contribution in [0, 0.1) is 18.7 Å². The maximum absolute atomic E-state index is 13.9. The van der Waals surface area contributed by atoms with Gasteiger partial charge in [-0.15, -0.1) is 0 Å². The van der Waals surface area contributed by atoms with Gasteiger partial charge in [0, 0.05) is 36.7 Å². The first-order chi connectivity index (χ1) is 15.0. The van der Waals surface area contributed by atoms with Gasteiger partial charge in [-0.1, -0.05) is 22.9 Å². The van der Waals surface area contributed by atoms with Gasteiger partial charge in [-0.05, 0) is 50.1 Å². The van der Waals surface area contributed by atoms with Crippen molar-refractivity contribution in [3.8, 4) is 17.1 Å². The molecule has 1 amide bonds. The Morgan fingerprint density at radius 2 is 1.97 bits per heavy atom. The van der Waals surface area contributed by atoms with Gasteiger partial charge in [0.2, 0.25) is 11.7 Å². The van der Waals surface area contributed by atoms with Gasteiger partial charge < -0.3 is 19.5 Å². The van der Waals surface area contributed by atoms with Crippen molar-refractivity contribution in [2.45, 2.75) is 26.3 Å². The van der Waals surface area contributed by atoms with Crippen LogP contribution < -0.4 is 15.0 Å². The third-order valence-corrected chi connectivity index (χ3v) is 5.55. The summed E-state index contributed by atoms with van der Waals surface area (Å²) in [4.78, 5) is 19.0. The number of hydrogen-bond donors (Lipinski definition) is 1. The molecule has 1 fully saturated rings. The van der Waals surface area contributed by atoms with E-state index in [9.17, 15) is 9.18 Å². The lowest BCUT2D eigenvalue weighted by Crippen LogP contribution is -2.40. The van der Waals surface area contributed by atoms with E-state index >= 15 is 0 Å². The fraction of sp³-hybridized carbons (Fsp3) is 0.348. The molecule has 8 heteroatoms. The first kappa shape index (κ1) is 20.8. The molecular weight excluding hydrogens is 399 g/mol. The maximum atomic E-state index is 13.9. The molecule has 1 aromatic heterocycles. The summed E-state index contributed by atoms with van der Waals surface area (Å²) in [6.45, 7) is 3.38. The topological polar surface area (TPSA) is 80.5 Å². The smallest absolute Gasteiger partial charge is 0.324 e. The SMILES string of the molecule is COc1ccc(-c2noc(N3CCC(C(=O)NCc4cc(C)ccc4F)CC3)n2)cc1. The molecule has 2 heterocycles. The minimum absolute atomic E-state index is 0.0509. The molecule has 1 N–H and O–H groups in total. The highest BCUT2D eigenvalue weighted by Gasteiger charge is 2.27. The number of nitrogens with zero attached hydrogens (tertiary/aromatic N) is 3. The number of amides is 1. The second-order valence-electron chi connectivity index (χ2n) is 7.70. The predicted molar refractivity (Wildman–Crippen MR) is 114 cm³/mol. The van der Waals surface area contributed by atoms with Crippen LogP contribution in [0.5, 0.6) is 5.75 Å². The zero-order valence-corrected chi connectivity index (χ0v) is 17.6. The Morgan fingerprint density at radius 1 is 1.23 bits per heavy atom. The third kappa shape index (κ3) is 4.84. The van der Waals surface area contributed by atoms with E-state index in [0.717, 1.165) is 16.9 Å². The summed E-state index contributed by atoms with van der Waals surface area (Å²) in [6.07, 6.45) is 1.34. The molecule has 3 aromatic rings. The van der Waals surface area contributed by atoms with E-state index in [1.165, 1.54) is 6.07 Å². The number of carbonyl (C=O) groups is 1. The van der Waals surface area contributed by atoms with Crippen LogP contribution in [0.1, 0.15) is 24.0 Å². The van der Waals surface area contributed by atoms with E-state index in [-0.39, 0.29) is 24.2 Å². The van der Waals surface area contributed by atoms with Crippen LogP contribution in [0.2, 0.25) is 0 Å². The van der Waals surface area contributed by atoms with Gasteiger partial charge in [-0.25, -0.2) is 4.39 Å². The molecule has 4 rings (SSSR count). The Morgan fingerprint density at radius 3 is 2.68 bits per heavy atom. The molecule has 0 spiro atoms. The normalized spacial score (nSPS) is 14.5. The largest absolute Gasteiger partial charge is 0.497 e. The zero-order valence-electron chi connectivity index (χ0n) is 17.6. The molecule has 1 aliphatic heterocycles. The monoisotopic (exact) mass is 424 g/mol. The quantitative estimate of drug-likeness (QED) is 0.650. The van der Waals surface area contributed by atoms with Gasteiger partial charge >= 0.3 is 6.01 Å². The Hall–Kier alpha value is -3.42. The van der Waals surface area contributed by atoms with Gasteiger partial charge in [0.1, 0.15) is 11.6 Å². The fourth-order valence-electron chi connectivity index (χ4n) is 3.70. The molecule has 0 radical (unpaired) electrons. The summed E-state index contributed by atoms with van der Waals surface area (Å²) in [6, 6.07) is 12.8. The summed E-state index contributed by atoms with van der Waals surface area (Å²) < 4.78 is 24.5. The minimum atomic E-state index is -0.301. The van der Waals surface area contributed by atoms with Crippen molar-refractivity contribution >= 4 is 11.9 Å². The van der Waals surface area contributed by atoms with E-state index in [4.69, 9.17) is 9.26 Å². The molecule has 0 aliphatic carbocycles. The van der Waals surface area contributed by atoms with Crippen LogP contribution in [0.4, 0.5) is 10.4 Å². The first-order valence-corrected chi connectivity index (χ1v) is 10.3. The van der Waals surface area contributed by atoms with Crippen molar-refractivity contribution in [2.75, 3.05) is 25.1 Å². The van der Waals surface area contributed by atoms with Crippen molar-refractivity contribution in [1.82, 2.24) is 15.5 Å². The van der Waals surface area contributed by atoms with Crippen LogP contribution in [0.3, 0.4) is 0 Å². The molecular formula is C23H25FN4O3.